The zero-order valence-electron chi connectivity index (χ0n) is 13.6. The van der Waals surface area contributed by atoms with E-state index in [1.807, 2.05) is 32.2 Å². The van der Waals surface area contributed by atoms with Crippen LogP contribution >= 0.6 is 0 Å². The summed E-state index contributed by atoms with van der Waals surface area (Å²) in [5.41, 5.74) is 3.30. The van der Waals surface area contributed by atoms with E-state index in [0.717, 1.165) is 12.2 Å². The van der Waals surface area contributed by atoms with Gasteiger partial charge in [-0.2, -0.15) is 0 Å². The van der Waals surface area contributed by atoms with Gasteiger partial charge in [-0.1, -0.05) is 6.07 Å². The Balaban J connectivity index is 1.70. The van der Waals surface area contributed by atoms with Gasteiger partial charge < -0.3 is 9.80 Å². The zero-order valence-corrected chi connectivity index (χ0v) is 13.6. The van der Waals surface area contributed by atoms with Crippen molar-refractivity contribution in [1.29, 1.82) is 0 Å². The number of nitrogens with zero attached hydrogens (tertiary/aromatic N) is 2. The Kier molecular flexibility index (Phi) is 3.94. The molecule has 0 N–H and O–H groups in total. The molecule has 1 aliphatic carbocycles. The summed E-state index contributed by atoms with van der Waals surface area (Å²) in [4.78, 5) is 28.6. The lowest BCUT2D eigenvalue weighted by Crippen LogP contribution is -2.39. The first-order chi connectivity index (χ1) is 10.5. The molecule has 2 amide bonds. The Hall–Kier alpha value is -1.84. The predicted molar refractivity (Wildman–Crippen MR) is 86.7 cm³/mol. The van der Waals surface area contributed by atoms with Crippen molar-refractivity contribution in [1.82, 2.24) is 4.90 Å². The fourth-order valence-corrected chi connectivity index (χ4v) is 3.10. The maximum Gasteiger partial charge on any atom is 0.239 e. The molecule has 0 bridgehead atoms. The summed E-state index contributed by atoms with van der Waals surface area (Å²) in [6.45, 7) is 5.54. The van der Waals surface area contributed by atoms with Gasteiger partial charge in [0.15, 0.2) is 0 Å². The largest absolute Gasteiger partial charge is 0.345 e. The highest BCUT2D eigenvalue weighted by atomic mass is 16.2. The monoisotopic (exact) mass is 300 g/mol. The molecule has 1 aromatic carbocycles. The van der Waals surface area contributed by atoms with Crippen LogP contribution in [0.25, 0.3) is 0 Å². The van der Waals surface area contributed by atoms with Crippen molar-refractivity contribution >= 4 is 17.5 Å². The third kappa shape index (κ3) is 2.87. The minimum absolute atomic E-state index is 0.0109. The molecule has 3 rings (SSSR count). The molecule has 0 radical (unpaired) electrons. The smallest absolute Gasteiger partial charge is 0.239 e. The number of carbonyl (C=O) groups excluding carboxylic acids is 2. The second kappa shape index (κ2) is 5.75. The highest BCUT2D eigenvalue weighted by Gasteiger charge is 2.39. The SMILES string of the molecule is Cc1ccc(N2CCC(C(=O)N(C)CC3CC3)C2=O)cc1C. The van der Waals surface area contributed by atoms with Crippen LogP contribution in [-0.2, 0) is 9.59 Å². The van der Waals surface area contributed by atoms with Gasteiger partial charge in [-0.25, -0.2) is 0 Å². The molecule has 1 aliphatic heterocycles. The first-order valence-corrected chi connectivity index (χ1v) is 8.11. The third-order valence-corrected chi connectivity index (χ3v) is 4.91. The number of hydrogen-bond donors (Lipinski definition) is 0. The maximum absolute atomic E-state index is 12.6. The minimum atomic E-state index is -0.495. The minimum Gasteiger partial charge on any atom is -0.345 e. The van der Waals surface area contributed by atoms with Crippen molar-refractivity contribution in [3.05, 3.63) is 29.3 Å². The van der Waals surface area contributed by atoms with E-state index < -0.39 is 5.92 Å². The van der Waals surface area contributed by atoms with Crippen LogP contribution in [-0.4, -0.2) is 36.9 Å². The van der Waals surface area contributed by atoms with Gasteiger partial charge in [0, 0.05) is 25.8 Å². The lowest BCUT2D eigenvalue weighted by molar-refractivity contribution is -0.139. The first-order valence-electron chi connectivity index (χ1n) is 8.11. The van der Waals surface area contributed by atoms with E-state index in [1.165, 1.54) is 24.0 Å². The van der Waals surface area contributed by atoms with Crippen molar-refractivity contribution in [2.45, 2.75) is 33.1 Å². The lowest BCUT2D eigenvalue weighted by Gasteiger charge is -2.21. The molecule has 118 valence electrons. The topological polar surface area (TPSA) is 40.6 Å². The van der Waals surface area contributed by atoms with Gasteiger partial charge in [0.1, 0.15) is 5.92 Å². The van der Waals surface area contributed by atoms with Gasteiger partial charge in [-0.3, -0.25) is 9.59 Å². The number of rotatable bonds is 4. The molecule has 4 nitrogen and oxygen atoms in total. The van der Waals surface area contributed by atoms with E-state index in [-0.39, 0.29) is 11.8 Å². The third-order valence-electron chi connectivity index (χ3n) is 4.91. The van der Waals surface area contributed by atoms with Gasteiger partial charge in [-0.15, -0.1) is 0 Å². The van der Waals surface area contributed by atoms with E-state index in [0.29, 0.717) is 18.9 Å². The van der Waals surface area contributed by atoms with Gasteiger partial charge in [0.25, 0.3) is 0 Å². The second-order valence-electron chi connectivity index (χ2n) is 6.76. The predicted octanol–water partition coefficient (Wildman–Crippen LogP) is 2.52. The summed E-state index contributed by atoms with van der Waals surface area (Å²) >= 11 is 0. The number of hydrogen-bond acceptors (Lipinski definition) is 2. The highest BCUT2D eigenvalue weighted by molar-refractivity contribution is 6.09. The Morgan fingerprint density at radius 2 is 1.95 bits per heavy atom. The molecule has 2 fully saturated rings. The first kappa shape index (κ1) is 15.1. The van der Waals surface area contributed by atoms with Crippen molar-refractivity contribution in [3.8, 4) is 0 Å². The summed E-state index contributed by atoms with van der Waals surface area (Å²) in [7, 11) is 1.83. The van der Waals surface area contributed by atoms with Crippen molar-refractivity contribution < 1.29 is 9.59 Å². The standard InChI is InChI=1S/C18H24N2O2/c1-12-4-7-15(10-13(12)2)20-9-8-16(18(20)22)17(21)19(3)11-14-5-6-14/h4,7,10,14,16H,5-6,8-9,11H2,1-3H3. The van der Waals surface area contributed by atoms with Gasteiger partial charge >= 0.3 is 0 Å². The quantitative estimate of drug-likeness (QED) is 0.802. The lowest BCUT2D eigenvalue weighted by atomic mass is 10.1. The molecular weight excluding hydrogens is 276 g/mol. The van der Waals surface area contributed by atoms with Crippen LogP contribution in [0.4, 0.5) is 5.69 Å². The summed E-state index contributed by atoms with van der Waals surface area (Å²) in [6.07, 6.45) is 3.05. The molecule has 1 aromatic rings. The maximum atomic E-state index is 12.6. The van der Waals surface area contributed by atoms with Crippen LogP contribution in [0.5, 0.6) is 0 Å². The molecule has 0 aromatic heterocycles. The van der Waals surface area contributed by atoms with Crippen LogP contribution in [0, 0.1) is 25.7 Å². The van der Waals surface area contributed by atoms with Crippen molar-refractivity contribution in [2.24, 2.45) is 11.8 Å². The van der Waals surface area contributed by atoms with Crippen LogP contribution in [0.3, 0.4) is 0 Å². The van der Waals surface area contributed by atoms with Gasteiger partial charge in [0.05, 0.1) is 0 Å². The fraction of sp³-hybridized carbons (Fsp3) is 0.556. The average Bonchev–Trinajstić information content (AvgIpc) is 3.22. The Morgan fingerprint density at radius 1 is 1.23 bits per heavy atom. The Labute approximate surface area is 132 Å². The number of carbonyl (C=O) groups is 2. The molecule has 2 aliphatic rings. The summed E-state index contributed by atoms with van der Waals surface area (Å²) < 4.78 is 0. The van der Waals surface area contributed by atoms with Crippen LogP contribution in [0.15, 0.2) is 18.2 Å². The number of amides is 2. The number of aryl methyl sites for hydroxylation is 2. The van der Waals surface area contributed by atoms with E-state index >= 15 is 0 Å². The zero-order chi connectivity index (χ0) is 15.9. The molecule has 1 saturated carbocycles. The molecule has 0 spiro atoms. The summed E-state index contributed by atoms with van der Waals surface area (Å²) in [5.74, 6) is 0.103. The second-order valence-corrected chi connectivity index (χ2v) is 6.76. The van der Waals surface area contributed by atoms with Gasteiger partial charge in [0.2, 0.25) is 11.8 Å². The molecule has 1 atom stereocenters. The molecule has 1 unspecified atom stereocenters. The summed E-state index contributed by atoms with van der Waals surface area (Å²) in [6, 6.07) is 6.04. The Morgan fingerprint density at radius 3 is 2.59 bits per heavy atom. The molecule has 22 heavy (non-hydrogen) atoms. The molecule has 1 heterocycles. The van der Waals surface area contributed by atoms with Crippen LogP contribution in [0.2, 0.25) is 0 Å². The molecular formula is C18H24N2O2. The van der Waals surface area contributed by atoms with Crippen molar-refractivity contribution in [2.75, 3.05) is 25.0 Å². The summed E-state index contributed by atoms with van der Waals surface area (Å²) in [5, 5.41) is 0. The van der Waals surface area contributed by atoms with Crippen LogP contribution in [0.1, 0.15) is 30.4 Å². The highest BCUT2D eigenvalue weighted by Crippen LogP contribution is 2.31. The Bertz CT molecular complexity index is 607. The molecule has 4 heteroatoms. The van der Waals surface area contributed by atoms with Crippen molar-refractivity contribution in [3.63, 3.8) is 0 Å². The van der Waals surface area contributed by atoms with E-state index in [1.54, 1.807) is 9.80 Å². The number of benzene rings is 1. The van der Waals surface area contributed by atoms with E-state index in [4.69, 9.17) is 0 Å². The fourth-order valence-electron chi connectivity index (χ4n) is 3.10. The van der Waals surface area contributed by atoms with E-state index in [9.17, 15) is 9.59 Å². The van der Waals surface area contributed by atoms with Crippen LogP contribution < -0.4 is 4.90 Å². The van der Waals surface area contributed by atoms with Gasteiger partial charge in [-0.05, 0) is 62.3 Å². The number of anilines is 1. The van der Waals surface area contributed by atoms with E-state index in [2.05, 4.69) is 6.92 Å². The molecule has 1 saturated heterocycles. The normalized spacial score (nSPS) is 21.3. The average molecular weight is 300 g/mol.